The second-order valence-electron chi connectivity index (χ2n) is 3.99. The number of thiophene rings is 1. The van der Waals surface area contributed by atoms with Crippen LogP contribution >= 0.6 is 11.3 Å². The average molecular weight is 265 g/mol. The summed E-state index contributed by atoms with van der Waals surface area (Å²) >= 11 is 1.62. The molecule has 0 aromatic carbocycles. The number of carbonyl (C=O) groups is 1. The average Bonchev–Trinajstić information content (AvgIpc) is 3.00. The molecule has 0 bridgehead atoms. The largest absolute Gasteiger partial charge is 0.340 e. The number of hydrogen-bond donors (Lipinski definition) is 1. The quantitative estimate of drug-likeness (QED) is 0.852. The van der Waals surface area contributed by atoms with Crippen molar-refractivity contribution in [2.45, 2.75) is 19.6 Å². The molecule has 2 N–H and O–H groups in total. The Kier molecular flexibility index (Phi) is 4.06. The molecule has 2 rings (SSSR count). The van der Waals surface area contributed by atoms with Crippen molar-refractivity contribution >= 4 is 17.2 Å². The lowest BCUT2D eigenvalue weighted by atomic mass is 10.3. The van der Waals surface area contributed by atoms with Crippen LogP contribution in [-0.4, -0.2) is 32.8 Å². The minimum absolute atomic E-state index is 0.00493. The van der Waals surface area contributed by atoms with E-state index in [2.05, 4.69) is 10.3 Å². The number of aromatic nitrogens is 3. The summed E-state index contributed by atoms with van der Waals surface area (Å²) in [6.45, 7) is 1.13. The van der Waals surface area contributed by atoms with E-state index in [1.165, 1.54) is 4.68 Å². The SMILES string of the molecule is CN(Cc1ccsc1)C(=O)Cn1cc(CN)nn1. The van der Waals surface area contributed by atoms with Crippen LogP contribution in [0.5, 0.6) is 0 Å². The Hall–Kier alpha value is -1.73. The topological polar surface area (TPSA) is 77.0 Å². The summed E-state index contributed by atoms with van der Waals surface area (Å²) in [7, 11) is 1.78. The van der Waals surface area contributed by atoms with Crippen LogP contribution < -0.4 is 5.73 Å². The Morgan fingerprint density at radius 3 is 3.06 bits per heavy atom. The third-order valence-corrected chi connectivity index (χ3v) is 3.25. The van der Waals surface area contributed by atoms with E-state index in [4.69, 9.17) is 5.73 Å². The van der Waals surface area contributed by atoms with Crippen molar-refractivity contribution in [3.8, 4) is 0 Å². The Morgan fingerprint density at radius 1 is 1.61 bits per heavy atom. The predicted molar refractivity (Wildman–Crippen MR) is 68.7 cm³/mol. The summed E-state index contributed by atoms with van der Waals surface area (Å²) < 4.78 is 1.51. The maximum absolute atomic E-state index is 11.9. The van der Waals surface area contributed by atoms with Gasteiger partial charge in [0.05, 0.1) is 11.9 Å². The fraction of sp³-hybridized carbons (Fsp3) is 0.364. The molecule has 0 saturated carbocycles. The molecule has 0 saturated heterocycles. The van der Waals surface area contributed by atoms with Gasteiger partial charge >= 0.3 is 0 Å². The lowest BCUT2D eigenvalue weighted by molar-refractivity contribution is -0.131. The number of likely N-dealkylation sites (N-methyl/N-ethyl adjacent to an activating group) is 1. The third kappa shape index (κ3) is 3.14. The van der Waals surface area contributed by atoms with Crippen LogP contribution in [0.3, 0.4) is 0 Å². The van der Waals surface area contributed by atoms with E-state index in [-0.39, 0.29) is 12.5 Å². The molecule has 96 valence electrons. The zero-order valence-electron chi connectivity index (χ0n) is 10.1. The molecule has 0 aliphatic heterocycles. The molecule has 0 fully saturated rings. The second-order valence-corrected chi connectivity index (χ2v) is 4.77. The molecule has 0 spiro atoms. The van der Waals surface area contributed by atoms with E-state index in [0.717, 1.165) is 5.56 Å². The van der Waals surface area contributed by atoms with Gasteiger partial charge in [-0.25, -0.2) is 4.68 Å². The van der Waals surface area contributed by atoms with Gasteiger partial charge in [-0.05, 0) is 22.4 Å². The molecule has 6 nitrogen and oxygen atoms in total. The van der Waals surface area contributed by atoms with Gasteiger partial charge in [-0.2, -0.15) is 11.3 Å². The minimum atomic E-state index is -0.00493. The summed E-state index contributed by atoms with van der Waals surface area (Å²) in [5.41, 5.74) is 7.25. The van der Waals surface area contributed by atoms with E-state index in [0.29, 0.717) is 18.8 Å². The highest BCUT2D eigenvalue weighted by atomic mass is 32.1. The van der Waals surface area contributed by atoms with Gasteiger partial charge in [0.25, 0.3) is 0 Å². The Labute approximate surface area is 109 Å². The summed E-state index contributed by atoms with van der Waals surface area (Å²) in [5, 5.41) is 11.7. The van der Waals surface area contributed by atoms with E-state index in [1.54, 1.807) is 29.5 Å². The highest BCUT2D eigenvalue weighted by molar-refractivity contribution is 7.07. The van der Waals surface area contributed by atoms with E-state index >= 15 is 0 Å². The first-order chi connectivity index (χ1) is 8.69. The third-order valence-electron chi connectivity index (χ3n) is 2.52. The molecule has 1 amide bonds. The van der Waals surface area contributed by atoms with Crippen molar-refractivity contribution in [3.63, 3.8) is 0 Å². The van der Waals surface area contributed by atoms with Gasteiger partial charge in [-0.15, -0.1) is 5.10 Å². The second kappa shape index (κ2) is 5.74. The monoisotopic (exact) mass is 265 g/mol. The lowest BCUT2D eigenvalue weighted by Gasteiger charge is -2.16. The molecule has 2 aromatic rings. The van der Waals surface area contributed by atoms with Gasteiger partial charge in [-0.1, -0.05) is 5.21 Å². The number of rotatable bonds is 5. The van der Waals surface area contributed by atoms with Gasteiger partial charge in [0.1, 0.15) is 6.54 Å². The molecule has 0 aliphatic carbocycles. The van der Waals surface area contributed by atoms with Crippen LogP contribution in [0.4, 0.5) is 0 Å². The van der Waals surface area contributed by atoms with Crippen LogP contribution in [0, 0.1) is 0 Å². The fourth-order valence-corrected chi connectivity index (χ4v) is 2.17. The van der Waals surface area contributed by atoms with Crippen LogP contribution in [0.2, 0.25) is 0 Å². The number of nitrogens with two attached hydrogens (primary N) is 1. The van der Waals surface area contributed by atoms with E-state index in [1.807, 2.05) is 16.8 Å². The molecule has 0 aliphatic rings. The number of hydrogen-bond acceptors (Lipinski definition) is 5. The van der Waals surface area contributed by atoms with Gasteiger partial charge < -0.3 is 10.6 Å². The summed E-state index contributed by atoms with van der Waals surface area (Å²) in [5.74, 6) is -0.00493. The van der Waals surface area contributed by atoms with Crippen molar-refractivity contribution in [2.24, 2.45) is 5.73 Å². The molecule has 0 atom stereocenters. The van der Waals surface area contributed by atoms with Crippen molar-refractivity contribution in [1.82, 2.24) is 19.9 Å². The first-order valence-electron chi connectivity index (χ1n) is 5.53. The molecular weight excluding hydrogens is 250 g/mol. The molecule has 2 heterocycles. The van der Waals surface area contributed by atoms with Gasteiger partial charge in [0.15, 0.2) is 0 Å². The van der Waals surface area contributed by atoms with E-state index < -0.39 is 0 Å². The van der Waals surface area contributed by atoms with Crippen molar-refractivity contribution in [1.29, 1.82) is 0 Å². The zero-order chi connectivity index (χ0) is 13.0. The first-order valence-corrected chi connectivity index (χ1v) is 6.47. The Balaban J connectivity index is 1.90. The summed E-state index contributed by atoms with van der Waals surface area (Å²) in [6.07, 6.45) is 1.69. The predicted octanol–water partition coefficient (Wildman–Crippen LogP) is 0.457. The standard InChI is InChI=1S/C11H15N5OS/c1-15(5-9-2-3-18-8-9)11(17)7-16-6-10(4-12)13-14-16/h2-3,6,8H,4-5,7,12H2,1H3. The van der Waals surface area contributed by atoms with Gasteiger partial charge in [-0.3, -0.25) is 4.79 Å². The van der Waals surface area contributed by atoms with Crippen LogP contribution in [0.15, 0.2) is 23.0 Å². The van der Waals surface area contributed by atoms with Crippen LogP contribution in [0.1, 0.15) is 11.3 Å². The molecule has 7 heteroatoms. The van der Waals surface area contributed by atoms with Crippen molar-refractivity contribution in [3.05, 3.63) is 34.3 Å². The molecule has 0 radical (unpaired) electrons. The minimum Gasteiger partial charge on any atom is -0.340 e. The van der Waals surface area contributed by atoms with Gasteiger partial charge in [0, 0.05) is 20.1 Å². The molecule has 18 heavy (non-hydrogen) atoms. The summed E-state index contributed by atoms with van der Waals surface area (Å²) in [4.78, 5) is 13.6. The Morgan fingerprint density at radius 2 is 2.44 bits per heavy atom. The molecular formula is C11H15N5OS. The molecule has 2 aromatic heterocycles. The van der Waals surface area contributed by atoms with Crippen LogP contribution in [0.25, 0.3) is 0 Å². The maximum Gasteiger partial charge on any atom is 0.244 e. The Bertz CT molecular complexity index is 507. The number of carbonyl (C=O) groups excluding carboxylic acids is 1. The fourth-order valence-electron chi connectivity index (χ4n) is 1.51. The van der Waals surface area contributed by atoms with Crippen molar-refractivity contribution < 1.29 is 4.79 Å². The van der Waals surface area contributed by atoms with Gasteiger partial charge in [0.2, 0.25) is 5.91 Å². The maximum atomic E-state index is 11.9. The highest BCUT2D eigenvalue weighted by Gasteiger charge is 2.11. The zero-order valence-corrected chi connectivity index (χ0v) is 10.9. The highest BCUT2D eigenvalue weighted by Crippen LogP contribution is 2.08. The smallest absolute Gasteiger partial charge is 0.244 e. The van der Waals surface area contributed by atoms with E-state index in [9.17, 15) is 4.79 Å². The number of nitrogens with zero attached hydrogens (tertiary/aromatic N) is 4. The molecule has 0 unspecified atom stereocenters. The first kappa shape index (κ1) is 12.7. The summed E-state index contributed by atoms with van der Waals surface area (Å²) in [6, 6.07) is 2.01. The number of amides is 1. The van der Waals surface area contributed by atoms with Crippen LogP contribution in [-0.2, 0) is 24.4 Å². The van der Waals surface area contributed by atoms with Crippen molar-refractivity contribution in [2.75, 3.05) is 7.05 Å². The normalized spacial score (nSPS) is 10.6. The lowest BCUT2D eigenvalue weighted by Crippen LogP contribution is -2.29.